The number of halogens is 1. The normalized spacial score (nSPS) is 11.2. The van der Waals surface area contributed by atoms with Crippen molar-refractivity contribution in [2.75, 3.05) is 6.54 Å². The number of H-pyrrole nitrogens is 1. The van der Waals surface area contributed by atoms with Gasteiger partial charge in [0.2, 0.25) is 0 Å². The average molecular weight is 289 g/mol. The third-order valence-electron chi connectivity index (χ3n) is 3.34. The molecule has 4 nitrogen and oxygen atoms in total. The topological polar surface area (TPSA) is 45.6 Å². The Balaban J connectivity index is 1.50. The van der Waals surface area contributed by atoms with E-state index in [0.29, 0.717) is 0 Å². The standard InChI is InChI=1S/C15H17ClN4/c16-13-3-4-14-12(11-18-15(14)9-13)10-17-5-1-7-20-8-2-6-19-20/h2-4,6,8-9,11,17-18H,1,5,7,10H2. The first-order valence-electron chi connectivity index (χ1n) is 6.76. The lowest BCUT2D eigenvalue weighted by Gasteiger charge is -2.04. The maximum atomic E-state index is 5.98. The number of aryl methyl sites for hydroxylation is 1. The lowest BCUT2D eigenvalue weighted by atomic mass is 10.2. The van der Waals surface area contributed by atoms with Crippen LogP contribution in [-0.2, 0) is 13.1 Å². The van der Waals surface area contributed by atoms with Crippen molar-refractivity contribution >= 4 is 22.5 Å². The quantitative estimate of drug-likeness (QED) is 0.684. The summed E-state index contributed by atoms with van der Waals surface area (Å²) in [6.45, 7) is 2.78. The van der Waals surface area contributed by atoms with Crippen LogP contribution in [0.3, 0.4) is 0 Å². The summed E-state index contributed by atoms with van der Waals surface area (Å²) < 4.78 is 1.95. The number of hydrogen-bond donors (Lipinski definition) is 2. The number of aromatic nitrogens is 3. The van der Waals surface area contributed by atoms with Gasteiger partial charge in [-0.15, -0.1) is 0 Å². The van der Waals surface area contributed by atoms with Crippen LogP contribution in [0, 0.1) is 0 Å². The van der Waals surface area contributed by atoms with Crippen LogP contribution in [0.4, 0.5) is 0 Å². The number of aromatic amines is 1. The molecule has 5 heteroatoms. The molecule has 1 aromatic carbocycles. The molecule has 0 atom stereocenters. The summed E-state index contributed by atoms with van der Waals surface area (Å²) in [5, 5.41) is 9.64. The van der Waals surface area contributed by atoms with E-state index in [4.69, 9.17) is 11.6 Å². The third kappa shape index (κ3) is 3.03. The highest BCUT2D eigenvalue weighted by Gasteiger charge is 2.03. The summed E-state index contributed by atoms with van der Waals surface area (Å²) in [6.07, 6.45) is 6.91. The van der Waals surface area contributed by atoms with Crippen LogP contribution in [0.15, 0.2) is 42.9 Å². The molecule has 0 aliphatic heterocycles. The molecule has 20 heavy (non-hydrogen) atoms. The zero-order valence-electron chi connectivity index (χ0n) is 11.1. The van der Waals surface area contributed by atoms with Crippen molar-refractivity contribution in [2.24, 2.45) is 0 Å². The Morgan fingerprint density at radius 3 is 3.15 bits per heavy atom. The van der Waals surface area contributed by atoms with Crippen molar-refractivity contribution in [2.45, 2.75) is 19.5 Å². The highest BCUT2D eigenvalue weighted by molar-refractivity contribution is 6.31. The largest absolute Gasteiger partial charge is 0.361 e. The Morgan fingerprint density at radius 2 is 2.30 bits per heavy atom. The van der Waals surface area contributed by atoms with Gasteiger partial charge in [0.1, 0.15) is 0 Å². The molecule has 2 aromatic heterocycles. The Labute approximate surface area is 122 Å². The molecule has 2 heterocycles. The predicted molar refractivity (Wildman–Crippen MR) is 81.9 cm³/mol. The van der Waals surface area contributed by atoms with Crippen molar-refractivity contribution in [1.29, 1.82) is 0 Å². The third-order valence-corrected chi connectivity index (χ3v) is 3.58. The molecular weight excluding hydrogens is 272 g/mol. The van der Waals surface area contributed by atoms with Crippen LogP contribution in [0.2, 0.25) is 5.02 Å². The van der Waals surface area contributed by atoms with Gasteiger partial charge in [0, 0.05) is 47.6 Å². The van der Waals surface area contributed by atoms with Gasteiger partial charge in [0.05, 0.1) is 0 Å². The molecule has 3 aromatic rings. The van der Waals surface area contributed by atoms with E-state index < -0.39 is 0 Å². The first-order valence-corrected chi connectivity index (χ1v) is 7.14. The fraction of sp³-hybridized carbons (Fsp3) is 0.267. The number of nitrogens with one attached hydrogen (secondary N) is 2. The molecule has 0 aliphatic carbocycles. The Kier molecular flexibility index (Phi) is 4.04. The van der Waals surface area contributed by atoms with Gasteiger partial charge in [-0.25, -0.2) is 0 Å². The summed E-state index contributed by atoms with van der Waals surface area (Å²) in [4.78, 5) is 3.25. The van der Waals surface area contributed by atoms with Gasteiger partial charge in [0.25, 0.3) is 0 Å². The second-order valence-electron chi connectivity index (χ2n) is 4.80. The van der Waals surface area contributed by atoms with Gasteiger partial charge in [-0.05, 0) is 36.7 Å². The summed E-state index contributed by atoms with van der Waals surface area (Å²) in [7, 11) is 0. The van der Waals surface area contributed by atoms with Gasteiger partial charge in [-0.1, -0.05) is 17.7 Å². The minimum Gasteiger partial charge on any atom is -0.361 e. The lowest BCUT2D eigenvalue weighted by Crippen LogP contribution is -2.16. The Morgan fingerprint density at radius 1 is 1.35 bits per heavy atom. The van der Waals surface area contributed by atoms with Crippen LogP contribution in [0.25, 0.3) is 10.9 Å². The summed E-state index contributed by atoms with van der Waals surface area (Å²) in [6, 6.07) is 7.90. The summed E-state index contributed by atoms with van der Waals surface area (Å²) >= 11 is 5.98. The first-order chi connectivity index (χ1) is 9.83. The number of hydrogen-bond acceptors (Lipinski definition) is 2. The molecule has 0 saturated heterocycles. The van der Waals surface area contributed by atoms with Crippen LogP contribution in [-0.4, -0.2) is 21.3 Å². The molecule has 2 N–H and O–H groups in total. The second-order valence-corrected chi connectivity index (χ2v) is 5.24. The van der Waals surface area contributed by atoms with Crippen molar-refractivity contribution < 1.29 is 0 Å². The summed E-state index contributed by atoms with van der Waals surface area (Å²) in [5.74, 6) is 0. The van der Waals surface area contributed by atoms with Gasteiger partial charge in [-0.3, -0.25) is 4.68 Å². The van der Waals surface area contributed by atoms with Gasteiger partial charge < -0.3 is 10.3 Å². The monoisotopic (exact) mass is 288 g/mol. The maximum absolute atomic E-state index is 5.98. The van der Waals surface area contributed by atoms with Crippen LogP contribution < -0.4 is 5.32 Å². The van der Waals surface area contributed by atoms with Gasteiger partial charge in [-0.2, -0.15) is 5.10 Å². The minimum atomic E-state index is 0.762. The van der Waals surface area contributed by atoms with E-state index in [1.165, 1.54) is 10.9 Å². The molecular formula is C15H17ClN4. The molecule has 0 radical (unpaired) electrons. The molecule has 104 valence electrons. The van der Waals surface area contributed by atoms with Crippen molar-refractivity contribution in [3.05, 3.63) is 53.4 Å². The molecule has 0 unspecified atom stereocenters. The minimum absolute atomic E-state index is 0.762. The fourth-order valence-electron chi connectivity index (χ4n) is 2.33. The number of benzene rings is 1. The van der Waals surface area contributed by atoms with Crippen LogP contribution >= 0.6 is 11.6 Å². The molecule has 0 aliphatic rings. The number of fused-ring (bicyclic) bond motifs is 1. The van der Waals surface area contributed by atoms with Gasteiger partial charge in [0.15, 0.2) is 0 Å². The van der Waals surface area contributed by atoms with E-state index in [2.05, 4.69) is 21.5 Å². The first kappa shape index (κ1) is 13.2. The smallest absolute Gasteiger partial charge is 0.0489 e. The van der Waals surface area contributed by atoms with E-state index in [-0.39, 0.29) is 0 Å². The van der Waals surface area contributed by atoms with Crippen molar-refractivity contribution in [3.8, 4) is 0 Å². The average Bonchev–Trinajstić information content (AvgIpc) is 3.08. The Bertz CT molecular complexity index is 672. The molecule has 0 bridgehead atoms. The van der Waals surface area contributed by atoms with Crippen molar-refractivity contribution in [1.82, 2.24) is 20.1 Å². The molecule has 0 amide bonds. The number of rotatable bonds is 6. The highest BCUT2D eigenvalue weighted by atomic mass is 35.5. The molecule has 0 fully saturated rings. The fourth-order valence-corrected chi connectivity index (χ4v) is 2.50. The van der Waals surface area contributed by atoms with E-state index in [1.54, 1.807) is 0 Å². The van der Waals surface area contributed by atoms with Crippen LogP contribution in [0.1, 0.15) is 12.0 Å². The van der Waals surface area contributed by atoms with E-state index >= 15 is 0 Å². The Hall–Kier alpha value is -1.78. The second kappa shape index (κ2) is 6.11. The van der Waals surface area contributed by atoms with E-state index in [9.17, 15) is 0 Å². The van der Waals surface area contributed by atoms with E-state index in [1.807, 2.05) is 41.5 Å². The zero-order valence-corrected chi connectivity index (χ0v) is 11.9. The predicted octanol–water partition coefficient (Wildman–Crippen LogP) is 3.20. The molecule has 3 rings (SSSR count). The SMILES string of the molecule is Clc1ccc2c(CNCCCn3cccn3)c[nH]c2c1. The number of nitrogens with zero attached hydrogens (tertiary/aromatic N) is 2. The lowest BCUT2D eigenvalue weighted by molar-refractivity contribution is 0.544. The van der Waals surface area contributed by atoms with E-state index in [0.717, 1.165) is 36.6 Å². The highest BCUT2D eigenvalue weighted by Crippen LogP contribution is 2.21. The van der Waals surface area contributed by atoms with Gasteiger partial charge >= 0.3 is 0 Å². The van der Waals surface area contributed by atoms with Crippen LogP contribution in [0.5, 0.6) is 0 Å². The zero-order chi connectivity index (χ0) is 13.8. The molecule has 0 spiro atoms. The summed E-state index contributed by atoms with van der Waals surface area (Å²) in [5.41, 5.74) is 2.36. The molecule has 0 saturated carbocycles. The van der Waals surface area contributed by atoms with Crippen molar-refractivity contribution in [3.63, 3.8) is 0 Å². The maximum Gasteiger partial charge on any atom is 0.0489 e.